The number of nitrogens with one attached hydrogen (secondary N) is 1. The molecule has 0 aliphatic rings. The van der Waals surface area contributed by atoms with Crippen molar-refractivity contribution in [2.24, 2.45) is 0 Å². The molecule has 25 heavy (non-hydrogen) atoms. The number of nitrogens with zero attached hydrogens (tertiary/aromatic N) is 2. The van der Waals surface area contributed by atoms with Gasteiger partial charge in [-0.1, -0.05) is 6.07 Å². The third-order valence-corrected chi connectivity index (χ3v) is 4.80. The second kappa shape index (κ2) is 6.85. The Labute approximate surface area is 150 Å². The average Bonchev–Trinajstić information content (AvgIpc) is 3.06. The highest BCUT2D eigenvalue weighted by atomic mass is 32.1. The fraction of sp³-hybridized carbons (Fsp3) is 0.333. The monoisotopic (exact) mass is 359 g/mol. The van der Waals surface area contributed by atoms with Crippen molar-refractivity contribution in [3.63, 3.8) is 0 Å². The Morgan fingerprint density at radius 2 is 1.92 bits per heavy atom. The number of methoxy groups -OCH3 is 2. The van der Waals surface area contributed by atoms with E-state index in [0.29, 0.717) is 17.3 Å². The van der Waals surface area contributed by atoms with Crippen LogP contribution in [0.4, 0.5) is 5.82 Å². The first-order valence-electron chi connectivity index (χ1n) is 7.82. The van der Waals surface area contributed by atoms with Crippen LogP contribution in [0.25, 0.3) is 21.3 Å². The van der Waals surface area contributed by atoms with Gasteiger partial charge in [0, 0.05) is 10.9 Å². The fourth-order valence-electron chi connectivity index (χ4n) is 2.55. The number of anilines is 1. The zero-order valence-electron chi connectivity index (χ0n) is 14.7. The summed E-state index contributed by atoms with van der Waals surface area (Å²) in [7, 11) is 3.23. The molecule has 2 aromatic heterocycles. The molecule has 0 radical (unpaired) electrons. The molecule has 0 saturated heterocycles. The van der Waals surface area contributed by atoms with Crippen LogP contribution in [0, 0.1) is 0 Å². The summed E-state index contributed by atoms with van der Waals surface area (Å²) in [6, 6.07) is 5.80. The molecule has 6 nitrogen and oxygen atoms in total. The minimum atomic E-state index is -0.488. The van der Waals surface area contributed by atoms with E-state index in [1.807, 2.05) is 32.0 Å². The number of ether oxygens (including phenoxy) is 2. The SMILES string of the molecule is COc1ccc(-c2csc3ncnc(NC(C)(C)CO)c23)cc1OC. The summed E-state index contributed by atoms with van der Waals surface area (Å²) >= 11 is 1.55. The molecule has 2 N–H and O–H groups in total. The number of aliphatic hydroxyl groups excluding tert-OH is 1. The maximum Gasteiger partial charge on any atom is 0.161 e. The van der Waals surface area contributed by atoms with Crippen LogP contribution >= 0.6 is 11.3 Å². The summed E-state index contributed by atoms with van der Waals surface area (Å²) in [5.41, 5.74) is 1.51. The van der Waals surface area contributed by atoms with Gasteiger partial charge in [-0.05, 0) is 31.5 Å². The zero-order valence-corrected chi connectivity index (χ0v) is 15.5. The molecule has 0 fully saturated rings. The second-order valence-electron chi connectivity index (χ2n) is 6.29. The number of rotatable bonds is 6. The summed E-state index contributed by atoms with van der Waals surface area (Å²) < 4.78 is 10.7. The van der Waals surface area contributed by atoms with Gasteiger partial charge >= 0.3 is 0 Å². The zero-order chi connectivity index (χ0) is 18.0. The molecule has 132 valence electrons. The first-order valence-corrected chi connectivity index (χ1v) is 8.70. The standard InChI is InChI=1S/C18H21N3O3S/c1-18(2,9-22)21-16-15-12(8-25-17(15)20-10-19-16)11-5-6-13(23-3)14(7-11)24-4/h5-8,10,22H,9H2,1-4H3,(H,19,20,21). The third-order valence-electron chi connectivity index (χ3n) is 3.92. The highest BCUT2D eigenvalue weighted by molar-refractivity contribution is 7.17. The number of aromatic nitrogens is 2. The van der Waals surface area contributed by atoms with Gasteiger partial charge < -0.3 is 19.9 Å². The van der Waals surface area contributed by atoms with Crippen LogP contribution < -0.4 is 14.8 Å². The van der Waals surface area contributed by atoms with E-state index in [1.165, 1.54) is 6.33 Å². The Morgan fingerprint density at radius 3 is 2.60 bits per heavy atom. The first kappa shape index (κ1) is 17.4. The lowest BCUT2D eigenvalue weighted by Crippen LogP contribution is -2.35. The molecule has 7 heteroatoms. The molecule has 3 aromatic rings. The summed E-state index contributed by atoms with van der Waals surface area (Å²) in [5.74, 6) is 2.05. The molecule has 0 unspecified atom stereocenters. The molecule has 0 atom stereocenters. The Bertz CT molecular complexity index is 892. The van der Waals surface area contributed by atoms with E-state index >= 15 is 0 Å². The lowest BCUT2D eigenvalue weighted by Gasteiger charge is -2.24. The van der Waals surface area contributed by atoms with Gasteiger partial charge in [0.05, 0.1) is 31.8 Å². The van der Waals surface area contributed by atoms with Crippen molar-refractivity contribution in [1.82, 2.24) is 9.97 Å². The van der Waals surface area contributed by atoms with Gasteiger partial charge in [-0.15, -0.1) is 11.3 Å². The number of thiophene rings is 1. The van der Waals surface area contributed by atoms with Crippen molar-refractivity contribution in [2.45, 2.75) is 19.4 Å². The summed E-state index contributed by atoms with van der Waals surface area (Å²) in [5, 5.41) is 15.8. The average molecular weight is 359 g/mol. The maximum absolute atomic E-state index is 9.56. The van der Waals surface area contributed by atoms with Crippen molar-refractivity contribution < 1.29 is 14.6 Å². The molecule has 0 amide bonds. The molecule has 0 spiro atoms. The van der Waals surface area contributed by atoms with Gasteiger partial charge in [-0.3, -0.25) is 0 Å². The predicted octanol–water partition coefficient (Wildman–Crippen LogP) is 3.56. The van der Waals surface area contributed by atoms with Crippen molar-refractivity contribution in [3.05, 3.63) is 29.9 Å². The van der Waals surface area contributed by atoms with E-state index in [2.05, 4.69) is 20.7 Å². The highest BCUT2D eigenvalue weighted by Crippen LogP contribution is 2.40. The van der Waals surface area contributed by atoms with Crippen LogP contribution in [0.5, 0.6) is 11.5 Å². The van der Waals surface area contributed by atoms with Gasteiger partial charge in [0.2, 0.25) is 0 Å². The first-order chi connectivity index (χ1) is 12.0. The normalized spacial score (nSPS) is 11.6. The molecule has 0 aliphatic carbocycles. The Morgan fingerprint density at radius 1 is 1.16 bits per heavy atom. The largest absolute Gasteiger partial charge is 0.493 e. The molecule has 0 aliphatic heterocycles. The highest BCUT2D eigenvalue weighted by Gasteiger charge is 2.21. The number of fused-ring (bicyclic) bond motifs is 1. The van der Waals surface area contributed by atoms with Crippen LogP contribution in [0.2, 0.25) is 0 Å². The fourth-order valence-corrected chi connectivity index (χ4v) is 3.46. The van der Waals surface area contributed by atoms with Crippen molar-refractivity contribution in [2.75, 3.05) is 26.1 Å². The van der Waals surface area contributed by atoms with Gasteiger partial charge in [0.1, 0.15) is 17.0 Å². The Kier molecular flexibility index (Phi) is 4.78. The topological polar surface area (TPSA) is 76.5 Å². The molecule has 0 saturated carbocycles. The van der Waals surface area contributed by atoms with Crippen LogP contribution in [0.15, 0.2) is 29.9 Å². The van der Waals surface area contributed by atoms with Gasteiger partial charge in [0.15, 0.2) is 11.5 Å². The third kappa shape index (κ3) is 3.38. The number of hydrogen-bond donors (Lipinski definition) is 2. The lowest BCUT2D eigenvalue weighted by molar-refractivity contribution is 0.234. The predicted molar refractivity (Wildman–Crippen MR) is 101 cm³/mol. The van der Waals surface area contributed by atoms with Crippen LogP contribution in [-0.2, 0) is 0 Å². The smallest absolute Gasteiger partial charge is 0.161 e. The van der Waals surface area contributed by atoms with Gasteiger partial charge in [-0.2, -0.15) is 0 Å². The van der Waals surface area contributed by atoms with Gasteiger partial charge in [0.25, 0.3) is 0 Å². The van der Waals surface area contributed by atoms with E-state index < -0.39 is 5.54 Å². The molecule has 3 rings (SSSR count). The van der Waals surface area contributed by atoms with Crippen LogP contribution in [0.1, 0.15) is 13.8 Å². The van der Waals surface area contributed by atoms with Crippen molar-refractivity contribution in [3.8, 4) is 22.6 Å². The van der Waals surface area contributed by atoms with Gasteiger partial charge in [-0.25, -0.2) is 9.97 Å². The maximum atomic E-state index is 9.56. The Hall–Kier alpha value is -2.38. The number of hydrogen-bond acceptors (Lipinski definition) is 7. The number of aliphatic hydroxyl groups is 1. The van der Waals surface area contributed by atoms with Crippen LogP contribution in [-0.4, -0.2) is 41.4 Å². The Balaban J connectivity index is 2.14. The lowest BCUT2D eigenvalue weighted by atomic mass is 10.0. The number of benzene rings is 1. The molecule has 1 aromatic carbocycles. The van der Waals surface area contributed by atoms with Crippen molar-refractivity contribution in [1.29, 1.82) is 0 Å². The second-order valence-corrected chi connectivity index (χ2v) is 7.15. The summed E-state index contributed by atoms with van der Waals surface area (Å²) in [6.45, 7) is 3.83. The molecular formula is C18H21N3O3S. The quantitative estimate of drug-likeness (QED) is 0.701. The molecular weight excluding hydrogens is 338 g/mol. The molecule has 0 bridgehead atoms. The summed E-state index contributed by atoms with van der Waals surface area (Å²) in [6.07, 6.45) is 1.53. The minimum Gasteiger partial charge on any atom is -0.493 e. The van der Waals surface area contributed by atoms with E-state index in [-0.39, 0.29) is 6.61 Å². The van der Waals surface area contributed by atoms with E-state index in [4.69, 9.17) is 9.47 Å². The van der Waals surface area contributed by atoms with Crippen molar-refractivity contribution >= 4 is 27.4 Å². The van der Waals surface area contributed by atoms with Crippen LogP contribution in [0.3, 0.4) is 0 Å². The summed E-state index contributed by atoms with van der Waals surface area (Å²) in [4.78, 5) is 9.65. The molecule has 2 heterocycles. The minimum absolute atomic E-state index is 0.00563. The van der Waals surface area contributed by atoms with E-state index in [0.717, 1.165) is 21.3 Å². The van der Waals surface area contributed by atoms with E-state index in [9.17, 15) is 5.11 Å². The van der Waals surface area contributed by atoms with E-state index in [1.54, 1.807) is 25.6 Å².